The Bertz CT molecular complexity index is 1190. The fourth-order valence-corrected chi connectivity index (χ4v) is 3.21. The second kappa shape index (κ2) is 10.2. The van der Waals surface area contributed by atoms with Gasteiger partial charge in [0.1, 0.15) is 0 Å². The molecule has 0 aliphatic heterocycles. The maximum Gasteiger partial charge on any atom is 0.221 e. The minimum Gasteiger partial charge on any atom is -0.325 e. The third kappa shape index (κ3) is 6.41. The number of amides is 1. The first-order valence-corrected chi connectivity index (χ1v) is 10.1. The fraction of sp³-hybridized carbons (Fsp3) is 0.0769. The Morgan fingerprint density at radius 2 is 1.33 bits per heavy atom. The predicted molar refractivity (Wildman–Crippen MR) is 122 cm³/mol. The summed E-state index contributed by atoms with van der Waals surface area (Å²) in [6.45, 7) is 3.00. The van der Waals surface area contributed by atoms with E-state index in [-0.39, 0.29) is 11.0 Å². The third-order valence-corrected chi connectivity index (χ3v) is 4.71. The highest BCUT2D eigenvalue weighted by Crippen LogP contribution is 2.20. The van der Waals surface area contributed by atoms with Crippen molar-refractivity contribution in [1.29, 1.82) is 0 Å². The maximum atomic E-state index is 11.6. The molecule has 0 aromatic heterocycles. The Kier molecular flexibility index (Phi) is 7.11. The molecular weight excluding hydrogens is 390 g/mol. The molecule has 0 saturated heterocycles. The van der Waals surface area contributed by atoms with Gasteiger partial charge in [0.05, 0.1) is 5.69 Å². The molecule has 4 heteroatoms. The third-order valence-electron chi connectivity index (χ3n) is 3.91. The molecule has 0 atom stereocenters. The second-order valence-electron chi connectivity index (χ2n) is 6.43. The van der Waals surface area contributed by atoms with Crippen LogP contribution in [0.4, 0.5) is 5.69 Å². The Hall–Kier alpha value is -3.73. The van der Waals surface area contributed by atoms with E-state index in [9.17, 15) is 9.59 Å². The van der Waals surface area contributed by atoms with E-state index >= 15 is 0 Å². The van der Waals surface area contributed by atoms with Gasteiger partial charge < -0.3 is 5.32 Å². The van der Waals surface area contributed by atoms with Crippen molar-refractivity contribution >= 4 is 28.5 Å². The van der Waals surface area contributed by atoms with E-state index in [1.807, 2.05) is 72.8 Å². The van der Waals surface area contributed by atoms with Crippen molar-refractivity contribution in [3.8, 4) is 23.7 Å². The standard InChI is InChI=1S/C26H19NO2S/c1-19(28)27-26-18-23(9-8-21-6-4-3-5-7-21)11-15-24(26)14-10-22-12-16-25(17-13-22)30-20(2)29/h3-7,11-13,15-18H,1-2H3,(H,27,28). The molecule has 0 fully saturated rings. The number of carbonyl (C=O) groups excluding carboxylic acids is 2. The summed E-state index contributed by atoms with van der Waals surface area (Å²) in [5.74, 6) is 12.3. The largest absolute Gasteiger partial charge is 0.325 e. The Balaban J connectivity index is 1.86. The van der Waals surface area contributed by atoms with Crippen LogP contribution in [-0.4, -0.2) is 11.0 Å². The van der Waals surface area contributed by atoms with Gasteiger partial charge in [0.25, 0.3) is 0 Å². The minimum absolute atomic E-state index is 0.0456. The lowest BCUT2D eigenvalue weighted by molar-refractivity contribution is -0.114. The summed E-state index contributed by atoms with van der Waals surface area (Å²) in [6, 6.07) is 22.8. The number of nitrogens with one attached hydrogen (secondary N) is 1. The molecule has 0 saturated carbocycles. The highest BCUT2D eigenvalue weighted by Gasteiger charge is 2.04. The van der Waals surface area contributed by atoms with Gasteiger partial charge in [0, 0.05) is 41.0 Å². The first kappa shape index (κ1) is 21.0. The van der Waals surface area contributed by atoms with E-state index in [1.54, 1.807) is 0 Å². The number of thioether (sulfide) groups is 1. The molecule has 0 aliphatic rings. The normalized spacial score (nSPS) is 9.53. The average molecular weight is 410 g/mol. The zero-order valence-corrected chi connectivity index (χ0v) is 17.5. The first-order chi connectivity index (χ1) is 14.5. The molecule has 0 unspecified atom stereocenters. The van der Waals surface area contributed by atoms with Crippen molar-refractivity contribution in [2.75, 3.05) is 5.32 Å². The molecule has 3 aromatic rings. The Morgan fingerprint density at radius 3 is 2.00 bits per heavy atom. The molecule has 3 nitrogen and oxygen atoms in total. The van der Waals surface area contributed by atoms with Crippen LogP contribution in [0.5, 0.6) is 0 Å². The smallest absolute Gasteiger partial charge is 0.221 e. The lowest BCUT2D eigenvalue weighted by atomic mass is 10.1. The molecule has 0 radical (unpaired) electrons. The maximum absolute atomic E-state index is 11.6. The van der Waals surface area contributed by atoms with E-state index in [2.05, 4.69) is 29.0 Å². The van der Waals surface area contributed by atoms with Crippen LogP contribution in [0.15, 0.2) is 77.7 Å². The molecule has 1 amide bonds. The summed E-state index contributed by atoms with van der Waals surface area (Å²) >= 11 is 1.19. The van der Waals surface area contributed by atoms with Gasteiger partial charge >= 0.3 is 0 Å². The number of hydrogen-bond donors (Lipinski definition) is 1. The van der Waals surface area contributed by atoms with E-state index in [0.29, 0.717) is 11.3 Å². The highest BCUT2D eigenvalue weighted by molar-refractivity contribution is 8.13. The number of benzene rings is 3. The van der Waals surface area contributed by atoms with Gasteiger partial charge in [0.15, 0.2) is 5.12 Å². The van der Waals surface area contributed by atoms with Crippen LogP contribution in [0.3, 0.4) is 0 Å². The lowest BCUT2D eigenvalue weighted by Gasteiger charge is -2.06. The van der Waals surface area contributed by atoms with Crippen molar-refractivity contribution in [3.05, 3.63) is 95.1 Å². The lowest BCUT2D eigenvalue weighted by Crippen LogP contribution is -2.07. The average Bonchev–Trinajstić information content (AvgIpc) is 2.72. The van der Waals surface area contributed by atoms with E-state index in [4.69, 9.17) is 0 Å². The molecule has 3 rings (SSSR count). The van der Waals surface area contributed by atoms with Crippen LogP contribution < -0.4 is 5.32 Å². The summed E-state index contributed by atoms with van der Waals surface area (Å²) in [5.41, 5.74) is 3.87. The van der Waals surface area contributed by atoms with Crippen LogP contribution in [0.25, 0.3) is 0 Å². The van der Waals surface area contributed by atoms with Crippen LogP contribution >= 0.6 is 11.8 Å². The summed E-state index contributed by atoms with van der Waals surface area (Å²) in [6.07, 6.45) is 0. The Labute approximate surface area is 180 Å². The Morgan fingerprint density at radius 1 is 0.733 bits per heavy atom. The van der Waals surface area contributed by atoms with Crippen molar-refractivity contribution in [1.82, 2.24) is 0 Å². The van der Waals surface area contributed by atoms with E-state index in [1.165, 1.54) is 25.6 Å². The first-order valence-electron chi connectivity index (χ1n) is 9.29. The van der Waals surface area contributed by atoms with Gasteiger partial charge in [-0.15, -0.1) is 0 Å². The number of rotatable bonds is 2. The summed E-state index contributed by atoms with van der Waals surface area (Å²) < 4.78 is 0. The van der Waals surface area contributed by atoms with E-state index in [0.717, 1.165) is 21.6 Å². The number of hydrogen-bond acceptors (Lipinski definition) is 3. The van der Waals surface area contributed by atoms with Gasteiger partial charge in [-0.2, -0.15) is 0 Å². The topological polar surface area (TPSA) is 46.2 Å². The predicted octanol–water partition coefficient (Wildman–Crippen LogP) is 5.08. The molecule has 0 spiro atoms. The molecule has 0 heterocycles. The van der Waals surface area contributed by atoms with Crippen LogP contribution in [0.2, 0.25) is 0 Å². The van der Waals surface area contributed by atoms with Crippen LogP contribution in [0.1, 0.15) is 36.1 Å². The number of carbonyl (C=O) groups is 2. The zero-order chi connectivity index (χ0) is 21.3. The second-order valence-corrected chi connectivity index (χ2v) is 7.68. The minimum atomic E-state index is -0.170. The molecular formula is C26H19NO2S. The van der Waals surface area contributed by atoms with Crippen molar-refractivity contribution < 1.29 is 9.59 Å². The van der Waals surface area contributed by atoms with Crippen molar-refractivity contribution in [2.45, 2.75) is 18.7 Å². The SMILES string of the molecule is CC(=O)Nc1cc(C#Cc2ccccc2)ccc1C#Cc1ccc(SC(C)=O)cc1. The highest BCUT2D eigenvalue weighted by atomic mass is 32.2. The number of anilines is 1. The van der Waals surface area contributed by atoms with Gasteiger partial charge in [-0.05, 0) is 54.6 Å². The van der Waals surface area contributed by atoms with E-state index < -0.39 is 0 Å². The monoisotopic (exact) mass is 409 g/mol. The van der Waals surface area contributed by atoms with Gasteiger partial charge in [-0.1, -0.05) is 53.6 Å². The summed E-state index contributed by atoms with van der Waals surface area (Å²) in [5, 5.41) is 2.87. The molecule has 0 aliphatic carbocycles. The van der Waals surface area contributed by atoms with Crippen molar-refractivity contribution in [3.63, 3.8) is 0 Å². The van der Waals surface area contributed by atoms with Gasteiger partial charge in [0.2, 0.25) is 5.91 Å². The van der Waals surface area contributed by atoms with Crippen LogP contribution in [0, 0.1) is 23.7 Å². The molecule has 3 aromatic carbocycles. The summed E-state index contributed by atoms with van der Waals surface area (Å²) in [7, 11) is 0. The molecule has 0 bridgehead atoms. The van der Waals surface area contributed by atoms with Gasteiger partial charge in [-0.3, -0.25) is 9.59 Å². The van der Waals surface area contributed by atoms with Crippen molar-refractivity contribution in [2.24, 2.45) is 0 Å². The summed E-state index contributed by atoms with van der Waals surface area (Å²) in [4.78, 5) is 23.7. The molecule has 146 valence electrons. The fourth-order valence-electron chi connectivity index (χ4n) is 2.60. The molecule has 1 N–H and O–H groups in total. The molecule has 30 heavy (non-hydrogen) atoms. The zero-order valence-electron chi connectivity index (χ0n) is 16.7. The van der Waals surface area contributed by atoms with Gasteiger partial charge in [-0.25, -0.2) is 0 Å². The quantitative estimate of drug-likeness (QED) is 0.474. The van der Waals surface area contributed by atoms with Crippen LogP contribution in [-0.2, 0) is 9.59 Å².